The Morgan fingerprint density at radius 1 is 1.20 bits per heavy atom. The average molecular weight is 368 g/mol. The third kappa shape index (κ3) is 9.60. The van der Waals surface area contributed by atoms with Crippen molar-refractivity contribution in [3.63, 3.8) is 0 Å². The normalized spacial score (nSPS) is 11.4. The summed E-state index contributed by atoms with van der Waals surface area (Å²) in [6.07, 6.45) is 4.14. The molecule has 5 nitrogen and oxygen atoms in total. The van der Waals surface area contributed by atoms with Gasteiger partial charge in [0.2, 0.25) is 0 Å². The van der Waals surface area contributed by atoms with Gasteiger partial charge in [0.15, 0.2) is 5.96 Å². The van der Waals surface area contributed by atoms with Gasteiger partial charge in [-0.15, -0.1) is 0 Å². The van der Waals surface area contributed by atoms with Gasteiger partial charge in [-0.1, -0.05) is 12.1 Å². The number of nitrogens with zero attached hydrogens (tertiary/aromatic N) is 1. The van der Waals surface area contributed by atoms with E-state index in [-0.39, 0.29) is 0 Å². The van der Waals surface area contributed by atoms with Crippen LogP contribution in [0.4, 0.5) is 0 Å². The van der Waals surface area contributed by atoms with E-state index in [9.17, 15) is 0 Å². The third-order valence-electron chi connectivity index (χ3n) is 3.54. The highest BCUT2D eigenvalue weighted by molar-refractivity contribution is 7.98. The number of hydrogen-bond acceptors (Lipinski definition) is 4. The van der Waals surface area contributed by atoms with Crippen molar-refractivity contribution in [2.45, 2.75) is 33.2 Å². The average Bonchev–Trinajstić information content (AvgIpc) is 2.61. The van der Waals surface area contributed by atoms with Crippen molar-refractivity contribution in [2.24, 2.45) is 4.99 Å². The molecule has 25 heavy (non-hydrogen) atoms. The number of rotatable bonds is 12. The highest BCUT2D eigenvalue weighted by atomic mass is 32.2. The Hall–Kier alpha value is -1.40. The van der Waals surface area contributed by atoms with Crippen molar-refractivity contribution in [1.82, 2.24) is 10.6 Å². The summed E-state index contributed by atoms with van der Waals surface area (Å²) in [7, 11) is 1.71. The molecule has 0 radical (unpaired) electrons. The van der Waals surface area contributed by atoms with Crippen LogP contribution in [-0.2, 0) is 11.3 Å². The summed E-state index contributed by atoms with van der Waals surface area (Å²) in [6, 6.07) is 6.28. The lowest BCUT2D eigenvalue weighted by molar-refractivity contribution is 0.172. The summed E-state index contributed by atoms with van der Waals surface area (Å²) in [4.78, 5) is 4.70. The van der Waals surface area contributed by atoms with Crippen LogP contribution < -0.4 is 15.4 Å². The Labute approximate surface area is 157 Å². The molecule has 0 aliphatic rings. The van der Waals surface area contributed by atoms with E-state index >= 15 is 0 Å². The van der Waals surface area contributed by atoms with E-state index in [1.54, 1.807) is 7.11 Å². The maximum atomic E-state index is 5.93. The molecule has 0 aliphatic heterocycles. The van der Waals surface area contributed by atoms with Gasteiger partial charge in [0, 0.05) is 38.8 Å². The smallest absolute Gasteiger partial charge is 0.191 e. The number of guanidine groups is 1. The Morgan fingerprint density at radius 2 is 2.04 bits per heavy atom. The van der Waals surface area contributed by atoms with Crippen molar-refractivity contribution in [1.29, 1.82) is 0 Å². The Bertz CT molecular complexity index is 509. The summed E-state index contributed by atoms with van der Waals surface area (Å²) in [6.45, 7) is 7.90. The summed E-state index contributed by atoms with van der Waals surface area (Å²) >= 11 is 1.87. The van der Waals surface area contributed by atoms with Gasteiger partial charge in [0.05, 0.1) is 13.2 Å². The molecule has 0 bridgehead atoms. The largest absolute Gasteiger partial charge is 0.493 e. The van der Waals surface area contributed by atoms with Gasteiger partial charge < -0.3 is 20.1 Å². The standard InChI is InChI=1S/C19H33N3O2S/c1-5-20-19(21-10-6-13-25-4)22-15-17-9-8-16(2)14-18(17)24-12-7-11-23-3/h8-9,14H,5-7,10-13,15H2,1-4H3,(H2,20,21,22). The molecule has 0 saturated carbocycles. The maximum absolute atomic E-state index is 5.93. The Morgan fingerprint density at radius 3 is 2.76 bits per heavy atom. The van der Waals surface area contributed by atoms with Gasteiger partial charge in [-0.2, -0.15) is 11.8 Å². The van der Waals surface area contributed by atoms with Gasteiger partial charge in [0.25, 0.3) is 0 Å². The fourth-order valence-electron chi connectivity index (χ4n) is 2.24. The molecule has 0 aromatic heterocycles. The Kier molecular flexibility index (Phi) is 12.0. The van der Waals surface area contributed by atoms with Crippen LogP contribution in [-0.4, -0.2) is 51.4 Å². The zero-order valence-corrected chi connectivity index (χ0v) is 16.9. The molecular formula is C19H33N3O2S. The van der Waals surface area contributed by atoms with Gasteiger partial charge >= 0.3 is 0 Å². The summed E-state index contributed by atoms with van der Waals surface area (Å²) in [5.74, 6) is 2.93. The first kappa shape index (κ1) is 21.6. The minimum Gasteiger partial charge on any atom is -0.493 e. The molecule has 1 aromatic rings. The van der Waals surface area contributed by atoms with Gasteiger partial charge in [-0.05, 0) is 43.9 Å². The number of ether oxygens (including phenoxy) is 2. The molecule has 0 atom stereocenters. The molecule has 0 amide bonds. The number of thioether (sulfide) groups is 1. The van der Waals surface area contributed by atoms with Crippen LogP contribution in [0.15, 0.2) is 23.2 Å². The first-order chi connectivity index (χ1) is 12.2. The van der Waals surface area contributed by atoms with Gasteiger partial charge in [-0.25, -0.2) is 4.99 Å². The zero-order chi connectivity index (χ0) is 18.3. The molecule has 0 fully saturated rings. The van der Waals surface area contributed by atoms with E-state index < -0.39 is 0 Å². The van der Waals surface area contributed by atoms with E-state index in [0.29, 0.717) is 19.8 Å². The highest BCUT2D eigenvalue weighted by Crippen LogP contribution is 2.21. The van der Waals surface area contributed by atoms with Crippen LogP contribution in [0.5, 0.6) is 5.75 Å². The number of hydrogen-bond donors (Lipinski definition) is 2. The SMILES string of the molecule is CCNC(=NCc1ccc(C)cc1OCCCOC)NCCCSC. The van der Waals surface area contributed by atoms with Crippen LogP contribution in [0.3, 0.4) is 0 Å². The lowest BCUT2D eigenvalue weighted by Crippen LogP contribution is -2.37. The third-order valence-corrected chi connectivity index (χ3v) is 4.24. The first-order valence-electron chi connectivity index (χ1n) is 8.93. The molecule has 2 N–H and O–H groups in total. The molecule has 0 aliphatic carbocycles. The lowest BCUT2D eigenvalue weighted by atomic mass is 10.1. The van der Waals surface area contributed by atoms with E-state index in [2.05, 4.69) is 48.9 Å². The van der Waals surface area contributed by atoms with Crippen molar-refractivity contribution in [3.05, 3.63) is 29.3 Å². The van der Waals surface area contributed by atoms with Gasteiger partial charge in [0.1, 0.15) is 5.75 Å². The lowest BCUT2D eigenvalue weighted by Gasteiger charge is -2.13. The fourth-order valence-corrected chi connectivity index (χ4v) is 2.67. The van der Waals surface area contributed by atoms with Crippen molar-refractivity contribution in [3.8, 4) is 5.75 Å². The molecule has 0 saturated heterocycles. The van der Waals surface area contributed by atoms with Crippen molar-refractivity contribution < 1.29 is 9.47 Å². The summed E-state index contributed by atoms with van der Waals surface area (Å²) in [5.41, 5.74) is 2.29. The second-order valence-electron chi connectivity index (χ2n) is 5.77. The van der Waals surface area contributed by atoms with E-state index in [1.807, 2.05) is 11.8 Å². The maximum Gasteiger partial charge on any atom is 0.191 e. The number of aliphatic imine (C=N–C) groups is 1. The predicted molar refractivity (Wildman–Crippen MR) is 109 cm³/mol. The minimum absolute atomic E-state index is 0.595. The molecule has 142 valence electrons. The minimum atomic E-state index is 0.595. The quantitative estimate of drug-likeness (QED) is 0.337. The summed E-state index contributed by atoms with van der Waals surface area (Å²) < 4.78 is 11.0. The monoisotopic (exact) mass is 367 g/mol. The number of nitrogens with one attached hydrogen (secondary N) is 2. The second kappa shape index (κ2) is 13.8. The zero-order valence-electron chi connectivity index (χ0n) is 16.1. The topological polar surface area (TPSA) is 54.9 Å². The first-order valence-corrected chi connectivity index (χ1v) is 10.3. The Balaban J connectivity index is 2.66. The van der Waals surface area contributed by atoms with Crippen LogP contribution in [0, 0.1) is 6.92 Å². The van der Waals surface area contributed by atoms with E-state index in [1.165, 1.54) is 5.56 Å². The second-order valence-corrected chi connectivity index (χ2v) is 6.76. The molecule has 1 rings (SSSR count). The molecule has 0 spiro atoms. The van der Waals surface area contributed by atoms with E-state index in [0.717, 1.165) is 49.0 Å². The molecule has 6 heteroatoms. The van der Waals surface area contributed by atoms with Crippen molar-refractivity contribution in [2.75, 3.05) is 45.4 Å². The predicted octanol–water partition coefficient (Wildman–Crippen LogP) is 3.22. The summed E-state index contributed by atoms with van der Waals surface area (Å²) in [5, 5.41) is 6.68. The van der Waals surface area contributed by atoms with Crippen molar-refractivity contribution >= 4 is 17.7 Å². The molecule has 0 heterocycles. The van der Waals surface area contributed by atoms with Crippen LogP contribution >= 0.6 is 11.8 Å². The fraction of sp³-hybridized carbons (Fsp3) is 0.632. The number of methoxy groups -OCH3 is 1. The van der Waals surface area contributed by atoms with Crippen LogP contribution in [0.25, 0.3) is 0 Å². The number of aryl methyl sites for hydroxylation is 1. The van der Waals surface area contributed by atoms with E-state index in [4.69, 9.17) is 14.5 Å². The molecule has 1 aromatic carbocycles. The van der Waals surface area contributed by atoms with Crippen LogP contribution in [0.2, 0.25) is 0 Å². The van der Waals surface area contributed by atoms with Crippen LogP contribution in [0.1, 0.15) is 30.9 Å². The molecule has 0 unspecified atom stereocenters. The number of benzene rings is 1. The highest BCUT2D eigenvalue weighted by Gasteiger charge is 2.05. The molecular weight excluding hydrogens is 334 g/mol. The van der Waals surface area contributed by atoms with Gasteiger partial charge in [-0.3, -0.25) is 0 Å².